The van der Waals surface area contributed by atoms with Gasteiger partial charge in [0.15, 0.2) is 29.0 Å². The Bertz CT molecular complexity index is 1760. The summed E-state index contributed by atoms with van der Waals surface area (Å²) in [6.45, 7) is -0.704. The molecule has 0 bridgehead atoms. The van der Waals surface area contributed by atoms with Crippen LogP contribution in [0.4, 0.5) is 29.1 Å². The number of ether oxygens (including phenoxy) is 1. The molecular formula is C30H34F4N10O3. The second-order valence-electron chi connectivity index (χ2n) is 10.2. The van der Waals surface area contributed by atoms with Crippen LogP contribution >= 0.6 is 0 Å². The molecule has 13 nitrogen and oxygen atoms in total. The molecule has 1 atom stereocenters. The van der Waals surface area contributed by atoms with Crippen molar-refractivity contribution in [1.82, 2.24) is 25.0 Å². The van der Waals surface area contributed by atoms with Crippen molar-refractivity contribution in [2.24, 2.45) is 22.2 Å². The minimum atomic E-state index is -3.31. The van der Waals surface area contributed by atoms with E-state index in [4.69, 9.17) is 17.2 Å². The number of carbonyl (C=O) groups is 2. The van der Waals surface area contributed by atoms with Gasteiger partial charge < -0.3 is 37.9 Å². The van der Waals surface area contributed by atoms with Crippen LogP contribution in [0, 0.1) is 11.6 Å². The number of hydrogen-bond acceptors (Lipinski definition) is 8. The predicted molar refractivity (Wildman–Crippen MR) is 167 cm³/mol. The largest absolute Gasteiger partial charge is 0.432 e. The van der Waals surface area contributed by atoms with Crippen LogP contribution < -0.4 is 37.9 Å². The van der Waals surface area contributed by atoms with Crippen molar-refractivity contribution in [3.63, 3.8) is 0 Å². The Balaban J connectivity index is 1.40. The molecule has 0 unspecified atom stereocenters. The maximum Gasteiger partial charge on any atom is 0.387 e. The van der Waals surface area contributed by atoms with E-state index < -0.39 is 30.0 Å². The van der Waals surface area contributed by atoms with Crippen molar-refractivity contribution < 1.29 is 31.9 Å². The number of guanidine groups is 1. The Morgan fingerprint density at radius 2 is 1.83 bits per heavy atom. The van der Waals surface area contributed by atoms with Gasteiger partial charge in [0.1, 0.15) is 0 Å². The lowest BCUT2D eigenvalue weighted by molar-refractivity contribution is -0.122. The molecule has 0 fully saturated rings. The summed E-state index contributed by atoms with van der Waals surface area (Å²) < 4.78 is 59.8. The fourth-order valence-corrected chi connectivity index (χ4v) is 4.68. The van der Waals surface area contributed by atoms with Crippen LogP contribution in [0.3, 0.4) is 0 Å². The van der Waals surface area contributed by atoms with Crippen molar-refractivity contribution in [2.45, 2.75) is 38.8 Å². The highest BCUT2D eigenvalue weighted by atomic mass is 19.3. The van der Waals surface area contributed by atoms with Gasteiger partial charge in [-0.1, -0.05) is 6.92 Å². The number of imidazole rings is 1. The topological polar surface area (TPSA) is 200 Å². The van der Waals surface area contributed by atoms with Gasteiger partial charge in [0.05, 0.1) is 17.9 Å². The summed E-state index contributed by atoms with van der Waals surface area (Å²) in [5.74, 6) is -4.27. The smallest absolute Gasteiger partial charge is 0.387 e. The Labute approximate surface area is 266 Å². The summed E-state index contributed by atoms with van der Waals surface area (Å²) in [5, 5.41) is 8.59. The van der Waals surface area contributed by atoms with Gasteiger partial charge in [0, 0.05) is 48.8 Å². The molecule has 0 saturated heterocycles. The van der Waals surface area contributed by atoms with Crippen molar-refractivity contribution in [3.8, 4) is 17.0 Å². The third kappa shape index (κ3) is 8.63. The van der Waals surface area contributed by atoms with Gasteiger partial charge in [-0.25, -0.2) is 14.4 Å². The number of hydrogen-bond donors (Lipinski definition) is 6. The number of carbonyl (C=O) groups excluding carboxylic acids is 2. The van der Waals surface area contributed by atoms with E-state index >= 15 is 0 Å². The number of benzene rings is 2. The second-order valence-corrected chi connectivity index (χ2v) is 10.2. The fourth-order valence-electron chi connectivity index (χ4n) is 4.68. The highest BCUT2D eigenvalue weighted by Crippen LogP contribution is 2.32. The molecule has 0 spiro atoms. The molecule has 4 aromatic rings. The lowest BCUT2D eigenvalue weighted by Gasteiger charge is -2.14. The molecule has 0 aliphatic carbocycles. The molecule has 2 heterocycles. The molecule has 0 radical (unpaired) electrons. The van der Waals surface area contributed by atoms with E-state index in [2.05, 4.69) is 35.6 Å². The second kappa shape index (κ2) is 15.7. The normalized spacial score (nSPS) is 11.7. The molecule has 9 N–H and O–H groups in total. The van der Waals surface area contributed by atoms with Gasteiger partial charge in [-0.3, -0.25) is 19.0 Å². The van der Waals surface area contributed by atoms with Gasteiger partial charge >= 0.3 is 6.61 Å². The predicted octanol–water partition coefficient (Wildman–Crippen LogP) is 2.81. The van der Waals surface area contributed by atoms with Crippen LogP contribution in [0.5, 0.6) is 5.75 Å². The highest BCUT2D eigenvalue weighted by molar-refractivity contribution is 5.96. The van der Waals surface area contributed by atoms with E-state index in [1.165, 1.54) is 23.0 Å². The third-order valence-corrected chi connectivity index (χ3v) is 6.97. The molecule has 0 aliphatic heterocycles. The van der Waals surface area contributed by atoms with E-state index in [9.17, 15) is 27.2 Å². The van der Waals surface area contributed by atoms with Crippen LogP contribution in [0.2, 0.25) is 0 Å². The quantitative estimate of drug-likeness (QED) is 0.0481. The van der Waals surface area contributed by atoms with E-state index in [-0.39, 0.29) is 53.6 Å². The summed E-state index contributed by atoms with van der Waals surface area (Å²) in [5.41, 5.74) is 18.3. The molecule has 2 aromatic carbocycles. The van der Waals surface area contributed by atoms with Crippen molar-refractivity contribution in [1.29, 1.82) is 0 Å². The summed E-state index contributed by atoms with van der Waals surface area (Å²) >= 11 is 0. The summed E-state index contributed by atoms with van der Waals surface area (Å²) in [6, 6.07) is 6.38. The first-order valence-corrected chi connectivity index (χ1v) is 14.5. The zero-order valence-corrected chi connectivity index (χ0v) is 25.3. The maximum absolute atomic E-state index is 14.8. The van der Waals surface area contributed by atoms with Gasteiger partial charge in [-0.05, 0) is 55.2 Å². The number of aryl methyl sites for hydroxylation is 1. The van der Waals surface area contributed by atoms with E-state index in [0.717, 1.165) is 17.7 Å². The number of rotatable bonds is 15. The number of nitrogens with zero attached hydrogens (tertiary/aromatic N) is 4. The molecule has 250 valence electrons. The minimum absolute atomic E-state index is 0.0262. The summed E-state index contributed by atoms with van der Waals surface area (Å²) in [6.07, 6.45) is 5.66. The van der Waals surface area contributed by atoms with Crippen molar-refractivity contribution in [2.75, 3.05) is 25.0 Å². The number of alkyl halides is 2. The lowest BCUT2D eigenvalue weighted by Crippen LogP contribution is -2.43. The Morgan fingerprint density at radius 3 is 2.55 bits per heavy atom. The van der Waals surface area contributed by atoms with Gasteiger partial charge in [0.2, 0.25) is 11.7 Å². The number of amides is 2. The number of nitrogens with one attached hydrogen (secondary N) is 3. The van der Waals surface area contributed by atoms with E-state index in [1.807, 2.05) is 6.92 Å². The first kappa shape index (κ1) is 34.4. The summed E-state index contributed by atoms with van der Waals surface area (Å²) in [7, 11) is 0. The number of nitrogens with two attached hydrogens (primary N) is 3. The van der Waals surface area contributed by atoms with Gasteiger partial charge in [-0.15, -0.1) is 0 Å². The van der Waals surface area contributed by atoms with Crippen LogP contribution in [0.15, 0.2) is 53.9 Å². The first-order chi connectivity index (χ1) is 22.5. The molecular weight excluding hydrogens is 624 g/mol. The number of fused-ring (bicyclic) bond motifs is 1. The summed E-state index contributed by atoms with van der Waals surface area (Å²) in [4.78, 5) is 37.5. The van der Waals surface area contributed by atoms with Crippen LogP contribution in [0.1, 0.15) is 35.7 Å². The third-order valence-electron chi connectivity index (χ3n) is 6.97. The first-order valence-electron chi connectivity index (χ1n) is 14.5. The molecule has 4 rings (SSSR count). The monoisotopic (exact) mass is 658 g/mol. The average Bonchev–Trinajstić information content (AvgIpc) is 3.48. The maximum atomic E-state index is 14.8. The number of aliphatic imine (C=N–C) groups is 1. The fraction of sp³-hybridized carbons (Fsp3) is 0.300. The molecule has 17 heteroatoms. The number of aromatic nitrogens is 3. The van der Waals surface area contributed by atoms with Crippen LogP contribution in [0.25, 0.3) is 16.9 Å². The Kier molecular flexibility index (Phi) is 11.5. The van der Waals surface area contributed by atoms with Gasteiger partial charge in [0.25, 0.3) is 5.91 Å². The van der Waals surface area contributed by atoms with Gasteiger partial charge in [-0.2, -0.15) is 13.2 Å². The SMILES string of the molecule is CCc1cc(Nc2nccn3c(-c4ccc(OC(F)F)c(F)c4F)cnc23)ccc1C(=O)NCCNC(=O)[C@@H](N)CCCN=C(N)N. The average molecular weight is 659 g/mol. The number of halogens is 4. The van der Waals surface area contributed by atoms with E-state index in [1.54, 1.807) is 18.2 Å². The van der Waals surface area contributed by atoms with Crippen LogP contribution in [-0.4, -0.2) is 64.4 Å². The Morgan fingerprint density at radius 1 is 1.06 bits per heavy atom. The molecule has 2 aromatic heterocycles. The molecule has 0 saturated carbocycles. The van der Waals surface area contributed by atoms with Crippen LogP contribution in [-0.2, 0) is 11.2 Å². The van der Waals surface area contributed by atoms with E-state index in [0.29, 0.717) is 37.1 Å². The molecule has 2 amide bonds. The Hall–Kier alpha value is -5.45. The zero-order chi connectivity index (χ0) is 34.1. The minimum Gasteiger partial charge on any atom is -0.432 e. The van der Waals surface area contributed by atoms with Crippen molar-refractivity contribution in [3.05, 3.63) is 71.7 Å². The molecule has 0 aliphatic rings. The van der Waals surface area contributed by atoms with Crippen molar-refractivity contribution >= 4 is 34.9 Å². The zero-order valence-electron chi connectivity index (χ0n) is 25.3. The standard InChI is InChI=1S/C30H34F4N10O3/c1-2-16-14-17(5-6-18(16)27(45)39-10-11-40-28(46)20(35)4-3-9-41-30(36)37)43-25-26-42-15-21(44(26)13-12-38-25)19-7-8-22(47-29(33)34)24(32)23(19)31/h5-8,12-15,20,29H,2-4,9-11,35H2,1H3,(H,38,43)(H,39,45)(H,40,46)(H4,36,37,41)/t20-/m0/s1. The molecule has 47 heavy (non-hydrogen) atoms. The lowest BCUT2D eigenvalue weighted by atomic mass is 10.0. The highest BCUT2D eigenvalue weighted by Gasteiger charge is 2.21. The number of anilines is 2.